The normalized spacial score (nSPS) is 22.7. The Balaban J connectivity index is 1.28. The number of nitrogens with zero attached hydrogens (tertiary/aromatic N) is 4. The highest BCUT2D eigenvalue weighted by Crippen LogP contribution is 2.32. The van der Waals surface area contributed by atoms with Crippen molar-refractivity contribution in [1.82, 2.24) is 19.9 Å². The molecule has 2 aromatic heterocycles. The molecule has 2 aliphatic heterocycles. The minimum Gasteiger partial charge on any atom is -0.389 e. The number of halogens is 1. The zero-order valence-electron chi connectivity index (χ0n) is 18.6. The molecular formula is C25H27FN6O2. The van der Waals surface area contributed by atoms with Gasteiger partial charge < -0.3 is 25.0 Å². The van der Waals surface area contributed by atoms with E-state index in [0.717, 1.165) is 30.6 Å². The van der Waals surface area contributed by atoms with Gasteiger partial charge in [-0.1, -0.05) is 18.2 Å². The predicted octanol–water partition coefficient (Wildman–Crippen LogP) is 2.98. The number of benzene rings is 1. The van der Waals surface area contributed by atoms with Gasteiger partial charge in [-0.05, 0) is 54.8 Å². The van der Waals surface area contributed by atoms with E-state index in [4.69, 9.17) is 5.41 Å². The molecule has 0 aliphatic carbocycles. The van der Waals surface area contributed by atoms with Gasteiger partial charge in [-0.2, -0.15) is 0 Å². The van der Waals surface area contributed by atoms with Crippen LogP contribution in [-0.4, -0.2) is 67.7 Å². The van der Waals surface area contributed by atoms with Crippen LogP contribution in [0.5, 0.6) is 0 Å². The molecule has 5 rings (SSSR count). The first-order valence-electron chi connectivity index (χ1n) is 11.4. The number of pyridine rings is 1. The highest BCUT2D eigenvalue weighted by atomic mass is 19.1. The van der Waals surface area contributed by atoms with E-state index in [9.17, 15) is 14.6 Å². The van der Waals surface area contributed by atoms with E-state index >= 15 is 0 Å². The number of aliphatic hydroxyl groups is 2. The Morgan fingerprint density at radius 3 is 2.74 bits per heavy atom. The van der Waals surface area contributed by atoms with Crippen molar-refractivity contribution in [3.05, 3.63) is 71.9 Å². The minimum absolute atomic E-state index is 0.00502. The Hall–Kier alpha value is -3.56. The summed E-state index contributed by atoms with van der Waals surface area (Å²) < 4.78 is 13.7. The van der Waals surface area contributed by atoms with Crippen molar-refractivity contribution < 1.29 is 14.6 Å². The molecule has 34 heavy (non-hydrogen) atoms. The molecule has 176 valence electrons. The maximum Gasteiger partial charge on any atom is 0.130 e. The van der Waals surface area contributed by atoms with Gasteiger partial charge >= 0.3 is 0 Å². The standard InChI is InChI=1S/C25H27FN6O2/c26-17-5-1-4-16(12-17)20-7-3-11-32(20)23(27)9-10-24-28-13-19(29-24)18-6-2-8-25(30-18)31-14-21(33)22(34)15-31/h1-2,4-6,8-10,12-13,20-22,27,33-34H,3,7,11,14-15H2,(H,28,29)/b10-9-,27-23?/t20?,21-,22-/m0/s1. The number of hydrogen-bond donors (Lipinski definition) is 4. The summed E-state index contributed by atoms with van der Waals surface area (Å²) in [6.07, 6.45) is 5.43. The fourth-order valence-corrected chi connectivity index (χ4v) is 4.63. The third-order valence-corrected chi connectivity index (χ3v) is 6.38. The van der Waals surface area contributed by atoms with Crippen molar-refractivity contribution in [2.45, 2.75) is 31.1 Å². The molecule has 0 spiro atoms. The number of hydrogen-bond acceptors (Lipinski definition) is 6. The maximum absolute atomic E-state index is 13.7. The number of aromatic amines is 1. The first kappa shape index (κ1) is 22.2. The Bertz CT molecular complexity index is 1200. The summed E-state index contributed by atoms with van der Waals surface area (Å²) in [6.45, 7) is 1.43. The van der Waals surface area contributed by atoms with E-state index in [0.29, 0.717) is 36.3 Å². The van der Waals surface area contributed by atoms with Crippen LogP contribution in [0.3, 0.4) is 0 Å². The number of rotatable bonds is 5. The van der Waals surface area contributed by atoms with Gasteiger partial charge in [0.25, 0.3) is 0 Å². The fourth-order valence-electron chi connectivity index (χ4n) is 4.63. The quantitative estimate of drug-likeness (QED) is 0.343. The number of likely N-dealkylation sites (tertiary alicyclic amines) is 1. The van der Waals surface area contributed by atoms with Crippen LogP contribution in [-0.2, 0) is 0 Å². The Labute approximate surface area is 196 Å². The van der Waals surface area contributed by atoms with Crippen LogP contribution in [0.15, 0.2) is 54.7 Å². The van der Waals surface area contributed by atoms with Crippen molar-refractivity contribution >= 4 is 17.7 Å². The second kappa shape index (κ2) is 9.36. The van der Waals surface area contributed by atoms with Gasteiger partial charge in [0.05, 0.1) is 35.8 Å². The van der Waals surface area contributed by atoms with Gasteiger partial charge in [0.1, 0.15) is 23.3 Å². The second-order valence-electron chi connectivity index (χ2n) is 8.73. The Morgan fingerprint density at radius 1 is 1.15 bits per heavy atom. The van der Waals surface area contributed by atoms with Crippen LogP contribution in [0, 0.1) is 11.2 Å². The van der Waals surface area contributed by atoms with Gasteiger partial charge in [-0.25, -0.2) is 14.4 Å². The molecule has 8 nitrogen and oxygen atoms in total. The third kappa shape index (κ3) is 4.57. The van der Waals surface area contributed by atoms with Crippen molar-refractivity contribution in [1.29, 1.82) is 5.41 Å². The van der Waals surface area contributed by atoms with Crippen LogP contribution in [0.2, 0.25) is 0 Å². The van der Waals surface area contributed by atoms with E-state index in [1.165, 1.54) is 6.07 Å². The molecule has 3 atom stereocenters. The average molecular weight is 463 g/mol. The molecule has 3 aromatic rings. The summed E-state index contributed by atoms with van der Waals surface area (Å²) in [7, 11) is 0. The van der Waals surface area contributed by atoms with Crippen LogP contribution in [0.4, 0.5) is 10.2 Å². The molecule has 1 unspecified atom stereocenters. The molecule has 2 fully saturated rings. The molecule has 4 heterocycles. The van der Waals surface area contributed by atoms with Crippen LogP contribution in [0.1, 0.15) is 30.3 Å². The van der Waals surface area contributed by atoms with Gasteiger partial charge in [-0.3, -0.25) is 5.41 Å². The summed E-state index contributed by atoms with van der Waals surface area (Å²) in [5.41, 5.74) is 2.31. The first-order valence-corrected chi connectivity index (χ1v) is 11.4. The maximum atomic E-state index is 13.7. The topological polar surface area (TPSA) is 112 Å². The first-order chi connectivity index (χ1) is 16.5. The molecule has 0 radical (unpaired) electrons. The third-order valence-electron chi connectivity index (χ3n) is 6.38. The predicted molar refractivity (Wildman–Crippen MR) is 128 cm³/mol. The van der Waals surface area contributed by atoms with E-state index in [1.54, 1.807) is 30.5 Å². The number of β-amino-alcohol motifs (C(OH)–C–C–N with tert-alkyl or cyclic N) is 2. The van der Waals surface area contributed by atoms with Crippen molar-refractivity contribution in [2.24, 2.45) is 0 Å². The summed E-state index contributed by atoms with van der Waals surface area (Å²) in [5, 5.41) is 28.2. The minimum atomic E-state index is -0.777. The lowest BCUT2D eigenvalue weighted by atomic mass is 10.0. The number of aromatic nitrogens is 3. The zero-order chi connectivity index (χ0) is 23.7. The van der Waals surface area contributed by atoms with Crippen molar-refractivity contribution in [2.75, 3.05) is 24.5 Å². The number of imidazole rings is 1. The van der Waals surface area contributed by atoms with Gasteiger partial charge in [0.15, 0.2) is 0 Å². The van der Waals surface area contributed by atoms with E-state index in [-0.39, 0.29) is 11.9 Å². The highest BCUT2D eigenvalue weighted by molar-refractivity contribution is 5.94. The Morgan fingerprint density at radius 2 is 1.94 bits per heavy atom. The Kier molecular flexibility index (Phi) is 6.12. The lowest BCUT2D eigenvalue weighted by Gasteiger charge is -2.26. The molecule has 9 heteroatoms. The van der Waals surface area contributed by atoms with Crippen molar-refractivity contribution in [3.8, 4) is 11.4 Å². The smallest absolute Gasteiger partial charge is 0.130 e. The monoisotopic (exact) mass is 462 g/mol. The average Bonchev–Trinajstić information content (AvgIpc) is 3.58. The lowest BCUT2D eigenvalue weighted by Crippen LogP contribution is -2.28. The van der Waals surface area contributed by atoms with Gasteiger partial charge in [0, 0.05) is 19.6 Å². The zero-order valence-corrected chi connectivity index (χ0v) is 18.6. The SMILES string of the molecule is N=C(/C=C\c1ncc(-c2cccc(N3C[C@H](O)[C@@H](O)C3)n2)[nH]1)N1CCCC1c1cccc(F)c1. The molecule has 0 bridgehead atoms. The van der Waals surface area contributed by atoms with E-state index < -0.39 is 12.2 Å². The lowest BCUT2D eigenvalue weighted by molar-refractivity contribution is 0.0572. The molecule has 0 saturated carbocycles. The summed E-state index contributed by atoms with van der Waals surface area (Å²) in [5.74, 6) is 1.37. The second-order valence-corrected chi connectivity index (χ2v) is 8.73. The number of amidine groups is 1. The molecule has 2 aliphatic rings. The number of nitrogens with one attached hydrogen (secondary N) is 2. The number of aliphatic hydroxyl groups excluding tert-OH is 2. The van der Waals surface area contributed by atoms with E-state index in [2.05, 4.69) is 15.0 Å². The largest absolute Gasteiger partial charge is 0.389 e. The van der Waals surface area contributed by atoms with Crippen LogP contribution >= 0.6 is 0 Å². The molecule has 1 aromatic carbocycles. The molecule has 4 N–H and O–H groups in total. The highest BCUT2D eigenvalue weighted by Gasteiger charge is 2.30. The number of H-pyrrole nitrogens is 1. The molecular weight excluding hydrogens is 435 g/mol. The van der Waals surface area contributed by atoms with Crippen LogP contribution in [0.25, 0.3) is 17.5 Å². The summed E-state index contributed by atoms with van der Waals surface area (Å²) >= 11 is 0. The van der Waals surface area contributed by atoms with Gasteiger partial charge in [0.2, 0.25) is 0 Å². The fraction of sp³-hybridized carbons (Fsp3) is 0.320. The summed E-state index contributed by atoms with van der Waals surface area (Å²) in [4.78, 5) is 16.1. The van der Waals surface area contributed by atoms with Crippen molar-refractivity contribution in [3.63, 3.8) is 0 Å². The van der Waals surface area contributed by atoms with Gasteiger partial charge in [-0.15, -0.1) is 0 Å². The number of anilines is 1. The van der Waals surface area contributed by atoms with E-state index in [1.807, 2.05) is 34.1 Å². The molecule has 0 amide bonds. The molecule has 2 saturated heterocycles. The van der Waals surface area contributed by atoms with Crippen LogP contribution < -0.4 is 4.90 Å². The summed E-state index contributed by atoms with van der Waals surface area (Å²) in [6, 6.07) is 12.2.